The summed E-state index contributed by atoms with van der Waals surface area (Å²) in [5.41, 5.74) is 0.805. The average Bonchev–Trinajstić information content (AvgIpc) is 3.11. The van der Waals surface area contributed by atoms with Crippen LogP contribution in [0.15, 0.2) is 59.4 Å². The lowest BCUT2D eigenvalue weighted by Gasteiger charge is -2.38. The maximum Gasteiger partial charge on any atom is 0.263 e. The Labute approximate surface area is 150 Å². The van der Waals surface area contributed by atoms with E-state index in [1.54, 1.807) is 24.2 Å². The minimum absolute atomic E-state index is 0.0444. The number of nitrogens with zero attached hydrogens (tertiary/aromatic N) is 4. The van der Waals surface area contributed by atoms with Gasteiger partial charge in [-0.25, -0.2) is 0 Å². The number of likely N-dealkylation sites (tertiary alicyclic amines) is 1. The Kier molecular flexibility index (Phi) is 4.35. The highest BCUT2D eigenvalue weighted by Crippen LogP contribution is 2.28. The number of aromatic nitrogens is 3. The van der Waals surface area contributed by atoms with Gasteiger partial charge in [0.05, 0.1) is 5.92 Å². The third-order valence-corrected chi connectivity index (χ3v) is 4.31. The summed E-state index contributed by atoms with van der Waals surface area (Å²) in [7, 11) is 0. The first-order chi connectivity index (χ1) is 12.7. The molecule has 1 unspecified atom stereocenters. The first kappa shape index (κ1) is 16.3. The molecular formula is C19H18N4O3. The van der Waals surface area contributed by atoms with E-state index >= 15 is 0 Å². The molecule has 7 heteroatoms. The molecule has 3 aromatic rings. The highest BCUT2D eigenvalue weighted by atomic mass is 16.5. The maximum atomic E-state index is 12.5. The van der Waals surface area contributed by atoms with Gasteiger partial charge in [0, 0.05) is 31.0 Å². The van der Waals surface area contributed by atoms with Crippen molar-refractivity contribution in [2.24, 2.45) is 0 Å². The predicted octanol–water partition coefficient (Wildman–Crippen LogP) is 2.52. The molecule has 1 atom stereocenters. The second kappa shape index (κ2) is 6.95. The van der Waals surface area contributed by atoms with Crippen LogP contribution in [0.25, 0.3) is 11.4 Å². The molecule has 0 aliphatic carbocycles. The van der Waals surface area contributed by atoms with Crippen molar-refractivity contribution in [3.63, 3.8) is 0 Å². The molecule has 1 aliphatic rings. The van der Waals surface area contributed by atoms with Crippen molar-refractivity contribution in [1.29, 1.82) is 0 Å². The van der Waals surface area contributed by atoms with Gasteiger partial charge in [-0.1, -0.05) is 23.4 Å². The fourth-order valence-electron chi connectivity index (χ4n) is 2.84. The fraction of sp³-hybridized carbons (Fsp3) is 0.263. The number of carbonyl (C=O) groups is 1. The molecule has 0 saturated carbocycles. The Hall–Kier alpha value is -3.22. The molecule has 1 aliphatic heterocycles. The van der Waals surface area contributed by atoms with E-state index in [0.29, 0.717) is 30.6 Å². The molecule has 0 spiro atoms. The van der Waals surface area contributed by atoms with Crippen LogP contribution in [0.4, 0.5) is 0 Å². The summed E-state index contributed by atoms with van der Waals surface area (Å²) >= 11 is 0. The van der Waals surface area contributed by atoms with Crippen LogP contribution < -0.4 is 4.74 Å². The van der Waals surface area contributed by atoms with Gasteiger partial charge in [-0.15, -0.1) is 0 Å². The first-order valence-corrected chi connectivity index (χ1v) is 8.45. The zero-order valence-corrected chi connectivity index (χ0v) is 14.3. The first-order valence-electron chi connectivity index (χ1n) is 8.45. The lowest BCUT2D eigenvalue weighted by Crippen LogP contribution is -2.52. The van der Waals surface area contributed by atoms with Crippen LogP contribution in [0.5, 0.6) is 5.75 Å². The van der Waals surface area contributed by atoms with Crippen molar-refractivity contribution < 1.29 is 14.1 Å². The molecule has 4 rings (SSSR count). The molecule has 0 bridgehead atoms. The molecule has 7 nitrogen and oxygen atoms in total. The van der Waals surface area contributed by atoms with Gasteiger partial charge in [0.15, 0.2) is 6.10 Å². The van der Waals surface area contributed by atoms with Gasteiger partial charge in [-0.05, 0) is 31.2 Å². The highest BCUT2D eigenvalue weighted by molar-refractivity contribution is 5.81. The normalized spacial score (nSPS) is 15.3. The van der Waals surface area contributed by atoms with E-state index < -0.39 is 6.10 Å². The van der Waals surface area contributed by atoms with Gasteiger partial charge in [0.2, 0.25) is 11.7 Å². The van der Waals surface area contributed by atoms with E-state index in [-0.39, 0.29) is 11.8 Å². The summed E-state index contributed by atoms with van der Waals surface area (Å²) in [6, 6.07) is 13.0. The Morgan fingerprint density at radius 3 is 2.77 bits per heavy atom. The van der Waals surface area contributed by atoms with Crippen LogP contribution >= 0.6 is 0 Å². The summed E-state index contributed by atoms with van der Waals surface area (Å²) in [5.74, 6) is 1.75. The maximum absolute atomic E-state index is 12.5. The number of para-hydroxylation sites is 1. The molecule has 2 aromatic heterocycles. The SMILES string of the molecule is CC(Oc1ccccc1)C(=O)N1CC(c2nc(-c3cccnc3)no2)C1. The summed E-state index contributed by atoms with van der Waals surface area (Å²) in [4.78, 5) is 22.7. The third-order valence-electron chi connectivity index (χ3n) is 4.31. The van der Waals surface area contributed by atoms with Crippen molar-refractivity contribution in [3.8, 4) is 17.1 Å². The van der Waals surface area contributed by atoms with Crippen LogP contribution in [0.3, 0.4) is 0 Å². The molecule has 132 valence electrons. The van der Waals surface area contributed by atoms with E-state index in [9.17, 15) is 4.79 Å². The third kappa shape index (κ3) is 3.28. The van der Waals surface area contributed by atoms with Gasteiger partial charge in [0.1, 0.15) is 5.75 Å². The Bertz CT molecular complexity index is 876. The van der Waals surface area contributed by atoms with Crippen molar-refractivity contribution >= 4 is 5.91 Å². The number of ether oxygens (including phenoxy) is 1. The second-order valence-electron chi connectivity index (χ2n) is 6.21. The number of benzene rings is 1. The topological polar surface area (TPSA) is 81.4 Å². The number of rotatable bonds is 5. The van der Waals surface area contributed by atoms with Crippen LogP contribution in [-0.2, 0) is 4.79 Å². The van der Waals surface area contributed by atoms with E-state index in [2.05, 4.69) is 15.1 Å². The van der Waals surface area contributed by atoms with E-state index in [1.807, 2.05) is 42.5 Å². The van der Waals surface area contributed by atoms with Crippen LogP contribution in [0, 0.1) is 0 Å². The Morgan fingerprint density at radius 1 is 1.23 bits per heavy atom. The largest absolute Gasteiger partial charge is 0.481 e. The number of hydrogen-bond donors (Lipinski definition) is 0. The lowest BCUT2D eigenvalue weighted by molar-refractivity contribution is -0.142. The van der Waals surface area contributed by atoms with Crippen LogP contribution in [0.1, 0.15) is 18.7 Å². The van der Waals surface area contributed by atoms with Gasteiger partial charge < -0.3 is 14.2 Å². The zero-order valence-electron chi connectivity index (χ0n) is 14.3. The fourth-order valence-corrected chi connectivity index (χ4v) is 2.84. The van der Waals surface area contributed by atoms with Crippen molar-refractivity contribution in [1.82, 2.24) is 20.0 Å². The van der Waals surface area contributed by atoms with Crippen molar-refractivity contribution in [2.75, 3.05) is 13.1 Å². The molecule has 3 heterocycles. The van der Waals surface area contributed by atoms with Crippen molar-refractivity contribution in [3.05, 3.63) is 60.7 Å². The van der Waals surface area contributed by atoms with Gasteiger partial charge in [-0.2, -0.15) is 4.98 Å². The van der Waals surface area contributed by atoms with Gasteiger partial charge in [0.25, 0.3) is 5.91 Å². The second-order valence-corrected chi connectivity index (χ2v) is 6.21. The quantitative estimate of drug-likeness (QED) is 0.703. The van der Waals surface area contributed by atoms with E-state index in [0.717, 1.165) is 5.56 Å². The van der Waals surface area contributed by atoms with Crippen LogP contribution in [-0.4, -0.2) is 45.1 Å². The molecule has 1 fully saturated rings. The molecule has 26 heavy (non-hydrogen) atoms. The number of hydrogen-bond acceptors (Lipinski definition) is 6. The number of amides is 1. The summed E-state index contributed by atoms with van der Waals surface area (Å²) in [6.07, 6.45) is 2.85. The standard InChI is InChI=1S/C19H18N4O3/c1-13(25-16-7-3-2-4-8-16)19(24)23-11-15(12-23)18-21-17(22-26-18)14-6-5-9-20-10-14/h2-10,13,15H,11-12H2,1H3. The molecule has 1 amide bonds. The zero-order chi connectivity index (χ0) is 17.9. The molecule has 1 saturated heterocycles. The predicted molar refractivity (Wildman–Crippen MR) is 93.4 cm³/mol. The molecule has 1 aromatic carbocycles. The smallest absolute Gasteiger partial charge is 0.263 e. The monoisotopic (exact) mass is 350 g/mol. The van der Waals surface area contributed by atoms with E-state index in [1.165, 1.54) is 0 Å². The molecule has 0 N–H and O–H groups in total. The minimum atomic E-state index is -0.535. The minimum Gasteiger partial charge on any atom is -0.481 e. The summed E-state index contributed by atoms with van der Waals surface area (Å²) in [6.45, 7) is 2.86. The average molecular weight is 350 g/mol. The summed E-state index contributed by atoms with van der Waals surface area (Å²) < 4.78 is 11.0. The number of pyridine rings is 1. The van der Waals surface area contributed by atoms with E-state index in [4.69, 9.17) is 9.26 Å². The van der Waals surface area contributed by atoms with Gasteiger partial charge in [-0.3, -0.25) is 9.78 Å². The lowest BCUT2D eigenvalue weighted by atomic mass is 9.99. The Morgan fingerprint density at radius 2 is 2.04 bits per heavy atom. The summed E-state index contributed by atoms with van der Waals surface area (Å²) in [5, 5.41) is 4.00. The van der Waals surface area contributed by atoms with Gasteiger partial charge >= 0.3 is 0 Å². The highest BCUT2D eigenvalue weighted by Gasteiger charge is 2.37. The molecular weight excluding hydrogens is 332 g/mol. The number of carbonyl (C=O) groups excluding carboxylic acids is 1. The molecule has 0 radical (unpaired) electrons. The Balaban J connectivity index is 1.34. The van der Waals surface area contributed by atoms with Crippen molar-refractivity contribution in [2.45, 2.75) is 18.9 Å². The van der Waals surface area contributed by atoms with Crippen LogP contribution in [0.2, 0.25) is 0 Å².